The van der Waals surface area contributed by atoms with Gasteiger partial charge in [-0.1, -0.05) is 23.9 Å². The summed E-state index contributed by atoms with van der Waals surface area (Å²) < 4.78 is 6.50. The van der Waals surface area contributed by atoms with Gasteiger partial charge in [-0.15, -0.1) is 0 Å². The summed E-state index contributed by atoms with van der Waals surface area (Å²) in [6, 6.07) is 13.6. The maximum absolute atomic E-state index is 12.6. The van der Waals surface area contributed by atoms with Gasteiger partial charge in [0.1, 0.15) is 0 Å². The summed E-state index contributed by atoms with van der Waals surface area (Å²) in [6.07, 6.45) is 0. The summed E-state index contributed by atoms with van der Waals surface area (Å²) in [5.41, 5.74) is 1.49. The number of benzene rings is 2. The number of amides is 1. The Kier molecular flexibility index (Phi) is 6.66. The molecule has 0 bridgehead atoms. The van der Waals surface area contributed by atoms with E-state index >= 15 is 0 Å². The first-order valence-corrected chi connectivity index (χ1v) is 10.2. The van der Waals surface area contributed by atoms with Gasteiger partial charge in [0.15, 0.2) is 5.16 Å². The largest absolute Gasteiger partial charge is 0.462 e. The zero-order chi connectivity index (χ0) is 20.8. The molecule has 1 heterocycles. The highest BCUT2D eigenvalue weighted by Gasteiger charge is 2.13. The number of carbonyl (C=O) groups excluding carboxylic acids is 2. The van der Waals surface area contributed by atoms with Crippen LogP contribution >= 0.6 is 11.8 Å². The van der Waals surface area contributed by atoms with E-state index in [-0.39, 0.29) is 17.2 Å². The van der Waals surface area contributed by atoms with Crippen molar-refractivity contribution in [2.45, 2.75) is 25.5 Å². The van der Waals surface area contributed by atoms with Crippen molar-refractivity contribution in [1.82, 2.24) is 9.55 Å². The van der Waals surface area contributed by atoms with Crippen molar-refractivity contribution in [2.24, 2.45) is 0 Å². The summed E-state index contributed by atoms with van der Waals surface area (Å²) >= 11 is 1.21. The van der Waals surface area contributed by atoms with Crippen LogP contribution in [0.25, 0.3) is 10.9 Å². The Morgan fingerprint density at radius 1 is 1.10 bits per heavy atom. The standard InChI is InChI=1S/C21H21N3O4S/c1-3-24-19(26)16-7-5-6-8-17(16)23-21(24)29-13-18(25)22-15-11-9-14(10-12-15)20(27)28-4-2/h5-12H,3-4,13H2,1-2H3,(H,22,25). The van der Waals surface area contributed by atoms with Crippen molar-refractivity contribution in [2.75, 3.05) is 17.7 Å². The SMILES string of the molecule is CCOC(=O)c1ccc(NC(=O)CSc2nc3ccccc3c(=O)n2CC)cc1. The summed E-state index contributed by atoms with van der Waals surface area (Å²) in [7, 11) is 0. The molecule has 0 aliphatic heterocycles. The number of rotatable bonds is 7. The monoisotopic (exact) mass is 411 g/mol. The highest BCUT2D eigenvalue weighted by atomic mass is 32.2. The van der Waals surface area contributed by atoms with E-state index in [1.807, 2.05) is 13.0 Å². The predicted octanol–water partition coefficient (Wildman–Crippen LogP) is 3.32. The third-order valence-electron chi connectivity index (χ3n) is 4.15. The Morgan fingerprint density at radius 3 is 2.52 bits per heavy atom. The number of ether oxygens (including phenoxy) is 1. The summed E-state index contributed by atoms with van der Waals surface area (Å²) in [6.45, 7) is 4.38. The first kappa shape index (κ1) is 20.6. The van der Waals surface area contributed by atoms with E-state index in [4.69, 9.17) is 4.74 Å². The van der Waals surface area contributed by atoms with E-state index in [1.165, 1.54) is 11.8 Å². The Bertz CT molecular complexity index is 1090. The molecule has 29 heavy (non-hydrogen) atoms. The van der Waals surface area contributed by atoms with Gasteiger partial charge in [-0.3, -0.25) is 14.2 Å². The van der Waals surface area contributed by atoms with Gasteiger partial charge in [-0.25, -0.2) is 9.78 Å². The van der Waals surface area contributed by atoms with Crippen LogP contribution in [0.2, 0.25) is 0 Å². The van der Waals surface area contributed by atoms with Crippen molar-refractivity contribution in [3.63, 3.8) is 0 Å². The molecule has 0 radical (unpaired) electrons. The van der Waals surface area contributed by atoms with Crippen LogP contribution in [0.5, 0.6) is 0 Å². The van der Waals surface area contributed by atoms with Crippen LogP contribution in [-0.4, -0.2) is 33.8 Å². The fourth-order valence-electron chi connectivity index (χ4n) is 2.77. The van der Waals surface area contributed by atoms with Crippen molar-refractivity contribution in [1.29, 1.82) is 0 Å². The van der Waals surface area contributed by atoms with Gasteiger partial charge in [0.05, 0.1) is 28.8 Å². The molecule has 0 aliphatic carbocycles. The first-order chi connectivity index (χ1) is 14.0. The number of carbonyl (C=O) groups is 2. The zero-order valence-corrected chi connectivity index (χ0v) is 17.0. The number of thioether (sulfide) groups is 1. The molecule has 0 unspecified atom stereocenters. The van der Waals surface area contributed by atoms with Crippen LogP contribution in [0.3, 0.4) is 0 Å². The van der Waals surface area contributed by atoms with E-state index in [1.54, 1.807) is 54.0 Å². The van der Waals surface area contributed by atoms with E-state index in [0.717, 1.165) is 0 Å². The van der Waals surface area contributed by atoms with Gasteiger partial charge < -0.3 is 10.1 Å². The molecule has 150 valence electrons. The maximum Gasteiger partial charge on any atom is 0.338 e. The third kappa shape index (κ3) is 4.83. The fraction of sp³-hybridized carbons (Fsp3) is 0.238. The van der Waals surface area contributed by atoms with E-state index < -0.39 is 5.97 Å². The molecule has 1 N–H and O–H groups in total. The first-order valence-electron chi connectivity index (χ1n) is 9.23. The summed E-state index contributed by atoms with van der Waals surface area (Å²) in [4.78, 5) is 41.1. The normalized spacial score (nSPS) is 10.7. The van der Waals surface area contributed by atoms with Gasteiger partial charge in [-0.2, -0.15) is 0 Å². The zero-order valence-electron chi connectivity index (χ0n) is 16.2. The molecule has 0 spiro atoms. The molecular weight excluding hydrogens is 390 g/mol. The van der Waals surface area contributed by atoms with Crippen LogP contribution < -0.4 is 10.9 Å². The molecule has 0 fully saturated rings. The predicted molar refractivity (Wildman–Crippen MR) is 113 cm³/mol. The average molecular weight is 411 g/mol. The van der Waals surface area contributed by atoms with Crippen LogP contribution in [0.1, 0.15) is 24.2 Å². The number of fused-ring (bicyclic) bond motifs is 1. The van der Waals surface area contributed by atoms with Crippen molar-refractivity contribution in [3.05, 3.63) is 64.4 Å². The number of aromatic nitrogens is 2. The Labute approximate surface area is 172 Å². The van der Waals surface area contributed by atoms with Gasteiger partial charge in [0.2, 0.25) is 5.91 Å². The van der Waals surface area contributed by atoms with Crippen LogP contribution in [0, 0.1) is 0 Å². The number of hydrogen-bond acceptors (Lipinski definition) is 6. The molecular formula is C21H21N3O4S. The summed E-state index contributed by atoms with van der Waals surface area (Å²) in [5, 5.41) is 3.84. The molecule has 8 heteroatoms. The Morgan fingerprint density at radius 2 is 1.83 bits per heavy atom. The number of hydrogen-bond donors (Lipinski definition) is 1. The average Bonchev–Trinajstić information content (AvgIpc) is 2.73. The van der Waals surface area contributed by atoms with Crippen LogP contribution in [-0.2, 0) is 16.1 Å². The lowest BCUT2D eigenvalue weighted by Gasteiger charge is -2.11. The second-order valence-corrected chi connectivity index (χ2v) is 7.04. The van der Waals surface area contributed by atoms with E-state index in [9.17, 15) is 14.4 Å². The second-order valence-electron chi connectivity index (χ2n) is 6.10. The molecule has 2 aromatic carbocycles. The highest BCUT2D eigenvalue weighted by molar-refractivity contribution is 7.99. The molecule has 0 saturated carbocycles. The number of nitrogens with zero attached hydrogens (tertiary/aromatic N) is 2. The lowest BCUT2D eigenvalue weighted by Crippen LogP contribution is -2.23. The van der Waals surface area contributed by atoms with Crippen LogP contribution in [0.4, 0.5) is 5.69 Å². The van der Waals surface area contributed by atoms with Gasteiger partial charge in [-0.05, 0) is 50.2 Å². The summed E-state index contributed by atoms with van der Waals surface area (Å²) in [5.74, 6) is -0.533. The number of esters is 1. The van der Waals surface area contributed by atoms with Crippen LogP contribution in [0.15, 0.2) is 58.5 Å². The minimum atomic E-state index is -0.402. The number of anilines is 1. The number of para-hydroxylation sites is 1. The second kappa shape index (κ2) is 9.38. The molecule has 1 amide bonds. The van der Waals surface area contributed by atoms with E-state index in [2.05, 4.69) is 10.3 Å². The van der Waals surface area contributed by atoms with Crippen molar-refractivity contribution < 1.29 is 14.3 Å². The highest BCUT2D eigenvalue weighted by Crippen LogP contribution is 2.18. The maximum atomic E-state index is 12.6. The lowest BCUT2D eigenvalue weighted by atomic mass is 10.2. The van der Waals surface area contributed by atoms with Gasteiger partial charge >= 0.3 is 5.97 Å². The van der Waals surface area contributed by atoms with Crippen molar-refractivity contribution in [3.8, 4) is 0 Å². The minimum Gasteiger partial charge on any atom is -0.462 e. The number of nitrogens with one attached hydrogen (secondary N) is 1. The molecule has 3 rings (SSSR count). The quantitative estimate of drug-likeness (QED) is 0.364. The third-order valence-corrected chi connectivity index (χ3v) is 5.13. The molecule has 0 saturated heterocycles. The lowest BCUT2D eigenvalue weighted by molar-refractivity contribution is -0.113. The molecule has 1 aromatic heterocycles. The van der Waals surface area contributed by atoms with Gasteiger partial charge in [0, 0.05) is 12.2 Å². The van der Waals surface area contributed by atoms with E-state index in [0.29, 0.717) is 40.5 Å². The fourth-order valence-corrected chi connectivity index (χ4v) is 3.63. The Balaban J connectivity index is 1.68. The molecule has 7 nitrogen and oxygen atoms in total. The topological polar surface area (TPSA) is 90.3 Å². The van der Waals surface area contributed by atoms with Gasteiger partial charge in [0.25, 0.3) is 5.56 Å². The molecule has 3 aromatic rings. The minimum absolute atomic E-state index is 0.102. The molecule has 0 atom stereocenters. The smallest absolute Gasteiger partial charge is 0.338 e. The van der Waals surface area contributed by atoms with Crippen molar-refractivity contribution >= 4 is 40.2 Å². The molecule has 0 aliphatic rings. The Hall–Kier alpha value is -3.13.